The van der Waals surface area contributed by atoms with E-state index < -0.39 is 5.91 Å². The number of amides is 3. The number of hydrogen-bond donors (Lipinski definition) is 2. The Balaban J connectivity index is 1.89. The summed E-state index contributed by atoms with van der Waals surface area (Å²) in [6.07, 6.45) is 5.00. The third-order valence-corrected chi connectivity index (χ3v) is 5.54. The second-order valence-corrected chi connectivity index (χ2v) is 8.33. The van der Waals surface area contributed by atoms with E-state index in [1.54, 1.807) is 40.5 Å². The van der Waals surface area contributed by atoms with Gasteiger partial charge in [0.1, 0.15) is 5.69 Å². The Kier molecular flexibility index (Phi) is 7.74. The van der Waals surface area contributed by atoms with E-state index in [0.717, 1.165) is 11.1 Å². The van der Waals surface area contributed by atoms with E-state index in [2.05, 4.69) is 9.97 Å². The van der Waals surface area contributed by atoms with E-state index in [0.29, 0.717) is 37.6 Å². The van der Waals surface area contributed by atoms with Crippen molar-refractivity contribution in [2.75, 3.05) is 37.8 Å². The van der Waals surface area contributed by atoms with Gasteiger partial charge in [0.15, 0.2) is 0 Å². The minimum atomic E-state index is -0.590. The van der Waals surface area contributed by atoms with Crippen LogP contribution in [0.15, 0.2) is 53.6 Å². The number of primary amides is 1. The standard InChI is InChI=1S/C22H27N7O2S/c1-27(2)8-9-28(12-17-5-6-19(21(24)30)26-11-17)22(31)29(20-15-32-14-18(20)23)13-16-4-3-7-25-10-16/h3-7,10-11,14-15H,8-9,12-13,23H2,1-2H3,(H2,24,30). The second-order valence-electron chi connectivity index (χ2n) is 7.58. The number of likely N-dealkylation sites (N-methyl/N-ethyl adjacent to an activating group) is 1. The zero-order valence-corrected chi connectivity index (χ0v) is 19.0. The first-order valence-electron chi connectivity index (χ1n) is 10.0. The number of carbonyl (C=O) groups excluding carboxylic acids is 2. The lowest BCUT2D eigenvalue weighted by Crippen LogP contribution is -2.45. The Morgan fingerprint density at radius 3 is 2.38 bits per heavy atom. The van der Waals surface area contributed by atoms with E-state index in [4.69, 9.17) is 11.5 Å². The number of rotatable bonds is 9. The summed E-state index contributed by atoms with van der Waals surface area (Å²) in [7, 11) is 3.91. The summed E-state index contributed by atoms with van der Waals surface area (Å²) in [6.45, 7) is 1.84. The number of thiophene rings is 1. The Bertz CT molecular complexity index is 1040. The average Bonchev–Trinajstić information content (AvgIpc) is 3.21. The lowest BCUT2D eigenvalue weighted by molar-refractivity contribution is 0.0995. The first-order chi connectivity index (χ1) is 15.3. The molecule has 3 heterocycles. The molecule has 3 amide bonds. The van der Waals surface area contributed by atoms with Crippen LogP contribution in [0.3, 0.4) is 0 Å². The van der Waals surface area contributed by atoms with E-state index in [1.807, 2.05) is 41.9 Å². The van der Waals surface area contributed by atoms with Crippen LogP contribution in [-0.4, -0.2) is 58.9 Å². The predicted molar refractivity (Wildman–Crippen MR) is 126 cm³/mol. The third-order valence-electron chi connectivity index (χ3n) is 4.79. The van der Waals surface area contributed by atoms with Crippen molar-refractivity contribution in [3.63, 3.8) is 0 Å². The summed E-state index contributed by atoms with van der Waals surface area (Å²) in [5.41, 5.74) is 14.5. The zero-order chi connectivity index (χ0) is 23.1. The number of nitrogen functional groups attached to an aromatic ring is 1. The first-order valence-corrected chi connectivity index (χ1v) is 11.0. The van der Waals surface area contributed by atoms with E-state index >= 15 is 0 Å². The summed E-state index contributed by atoms with van der Waals surface area (Å²) in [5, 5.41) is 3.69. The largest absolute Gasteiger partial charge is 0.396 e. The molecule has 0 aromatic carbocycles. The topological polar surface area (TPSA) is 122 Å². The van der Waals surface area contributed by atoms with Gasteiger partial charge in [0.2, 0.25) is 0 Å². The first kappa shape index (κ1) is 23.2. The van der Waals surface area contributed by atoms with Crippen LogP contribution in [-0.2, 0) is 13.1 Å². The fourth-order valence-corrected chi connectivity index (χ4v) is 3.80. The number of aromatic nitrogens is 2. The van der Waals surface area contributed by atoms with Gasteiger partial charge in [0.25, 0.3) is 5.91 Å². The van der Waals surface area contributed by atoms with Gasteiger partial charge >= 0.3 is 6.03 Å². The molecule has 10 heteroatoms. The molecule has 0 aliphatic heterocycles. The second kappa shape index (κ2) is 10.7. The van der Waals surface area contributed by atoms with Gasteiger partial charge in [-0.2, -0.15) is 0 Å². The normalized spacial score (nSPS) is 10.8. The van der Waals surface area contributed by atoms with Crippen molar-refractivity contribution < 1.29 is 9.59 Å². The number of hydrogen-bond acceptors (Lipinski definition) is 7. The summed E-state index contributed by atoms with van der Waals surface area (Å²) >= 11 is 1.45. The van der Waals surface area contributed by atoms with E-state index in [1.165, 1.54) is 11.3 Å². The number of urea groups is 1. The van der Waals surface area contributed by atoms with Crippen molar-refractivity contribution in [1.29, 1.82) is 0 Å². The molecule has 0 fully saturated rings. The van der Waals surface area contributed by atoms with Crippen LogP contribution >= 0.6 is 11.3 Å². The highest BCUT2D eigenvalue weighted by Gasteiger charge is 2.25. The van der Waals surface area contributed by atoms with Gasteiger partial charge in [-0.15, -0.1) is 11.3 Å². The van der Waals surface area contributed by atoms with Crippen molar-refractivity contribution in [2.45, 2.75) is 13.1 Å². The van der Waals surface area contributed by atoms with Crippen LogP contribution in [0.1, 0.15) is 21.6 Å². The average molecular weight is 454 g/mol. The number of nitrogens with zero attached hydrogens (tertiary/aromatic N) is 5. The van der Waals surface area contributed by atoms with Gasteiger partial charge in [0, 0.05) is 49.0 Å². The van der Waals surface area contributed by atoms with Crippen LogP contribution < -0.4 is 16.4 Å². The van der Waals surface area contributed by atoms with Crippen molar-refractivity contribution >= 4 is 34.6 Å². The Morgan fingerprint density at radius 1 is 1.03 bits per heavy atom. The number of anilines is 2. The van der Waals surface area contributed by atoms with Crippen LogP contribution in [0.25, 0.3) is 0 Å². The third kappa shape index (κ3) is 6.02. The van der Waals surface area contributed by atoms with Gasteiger partial charge in [-0.3, -0.25) is 19.7 Å². The number of carbonyl (C=O) groups is 2. The quantitative estimate of drug-likeness (QED) is 0.513. The molecule has 0 saturated carbocycles. The molecule has 3 aromatic rings. The molecular weight excluding hydrogens is 426 g/mol. The molecule has 32 heavy (non-hydrogen) atoms. The van der Waals surface area contributed by atoms with Crippen molar-refractivity contribution in [2.24, 2.45) is 5.73 Å². The molecule has 4 N–H and O–H groups in total. The van der Waals surface area contributed by atoms with E-state index in [9.17, 15) is 9.59 Å². The number of nitrogens with two attached hydrogens (primary N) is 2. The summed E-state index contributed by atoms with van der Waals surface area (Å²) in [5.74, 6) is -0.590. The summed E-state index contributed by atoms with van der Waals surface area (Å²) in [4.78, 5) is 38.8. The van der Waals surface area contributed by atoms with Crippen molar-refractivity contribution in [1.82, 2.24) is 19.8 Å². The molecule has 0 atom stereocenters. The van der Waals surface area contributed by atoms with Gasteiger partial charge in [-0.25, -0.2) is 4.79 Å². The van der Waals surface area contributed by atoms with Gasteiger partial charge < -0.3 is 21.3 Å². The Morgan fingerprint density at radius 2 is 1.81 bits per heavy atom. The molecule has 0 saturated heterocycles. The maximum Gasteiger partial charge on any atom is 0.325 e. The fourth-order valence-electron chi connectivity index (χ4n) is 3.07. The van der Waals surface area contributed by atoms with Crippen LogP contribution in [0.4, 0.5) is 16.2 Å². The molecular formula is C22H27N7O2S. The van der Waals surface area contributed by atoms with E-state index in [-0.39, 0.29) is 11.7 Å². The Labute approximate surface area is 191 Å². The highest BCUT2D eigenvalue weighted by molar-refractivity contribution is 7.09. The maximum atomic E-state index is 13.8. The predicted octanol–water partition coefficient (Wildman–Crippen LogP) is 2.41. The Hall–Kier alpha value is -3.50. The van der Waals surface area contributed by atoms with Crippen LogP contribution in [0.5, 0.6) is 0 Å². The molecule has 9 nitrogen and oxygen atoms in total. The van der Waals surface area contributed by atoms with Gasteiger partial charge in [-0.05, 0) is 37.4 Å². The SMILES string of the molecule is CN(C)CCN(Cc1ccc(C(N)=O)nc1)C(=O)N(Cc1cccnc1)c1cscc1N. The highest BCUT2D eigenvalue weighted by Crippen LogP contribution is 2.30. The molecule has 0 aliphatic rings. The van der Waals surface area contributed by atoms with Crippen LogP contribution in [0, 0.1) is 0 Å². The zero-order valence-electron chi connectivity index (χ0n) is 18.1. The molecule has 3 aromatic heterocycles. The summed E-state index contributed by atoms with van der Waals surface area (Å²) < 4.78 is 0. The lowest BCUT2D eigenvalue weighted by Gasteiger charge is -2.31. The fraction of sp³-hybridized carbons (Fsp3) is 0.273. The van der Waals surface area contributed by atoms with Crippen molar-refractivity contribution in [3.05, 3.63) is 70.4 Å². The molecule has 168 valence electrons. The molecule has 3 rings (SSSR count). The van der Waals surface area contributed by atoms with Gasteiger partial charge in [-0.1, -0.05) is 12.1 Å². The highest BCUT2D eigenvalue weighted by atomic mass is 32.1. The molecule has 0 radical (unpaired) electrons. The minimum Gasteiger partial charge on any atom is -0.396 e. The van der Waals surface area contributed by atoms with Crippen molar-refractivity contribution in [3.8, 4) is 0 Å². The molecule has 0 spiro atoms. The van der Waals surface area contributed by atoms with Crippen LogP contribution in [0.2, 0.25) is 0 Å². The molecule has 0 bridgehead atoms. The minimum absolute atomic E-state index is 0.181. The maximum absolute atomic E-state index is 13.8. The smallest absolute Gasteiger partial charge is 0.325 e. The number of pyridine rings is 2. The molecule has 0 aliphatic carbocycles. The van der Waals surface area contributed by atoms with Gasteiger partial charge in [0.05, 0.1) is 17.9 Å². The lowest BCUT2D eigenvalue weighted by atomic mass is 10.2. The molecule has 0 unspecified atom stereocenters. The monoisotopic (exact) mass is 453 g/mol. The summed E-state index contributed by atoms with van der Waals surface area (Å²) in [6, 6.07) is 6.90.